The van der Waals surface area contributed by atoms with Gasteiger partial charge >= 0.3 is 0 Å². The minimum atomic E-state index is -0.646. The second kappa shape index (κ2) is 11.9. The highest BCUT2D eigenvalue weighted by molar-refractivity contribution is 5.64. The molecule has 1 unspecified atom stereocenters. The van der Waals surface area contributed by atoms with Gasteiger partial charge in [0.05, 0.1) is 29.2 Å². The number of nitriles is 2. The molecule has 0 bridgehead atoms. The Morgan fingerprint density at radius 2 is 1.42 bits per heavy atom. The first-order valence-electron chi connectivity index (χ1n) is 13.2. The number of rotatable bonds is 9. The van der Waals surface area contributed by atoms with Crippen molar-refractivity contribution >= 4 is 0 Å². The van der Waals surface area contributed by atoms with Crippen molar-refractivity contribution in [3.8, 4) is 23.3 Å². The first-order valence-corrected chi connectivity index (χ1v) is 13.2. The minimum absolute atomic E-state index is 0.0308. The zero-order valence-electron chi connectivity index (χ0n) is 22.6. The van der Waals surface area contributed by atoms with Gasteiger partial charge in [0.1, 0.15) is 0 Å². The largest absolute Gasteiger partial charge is 0.305 e. The summed E-state index contributed by atoms with van der Waals surface area (Å²) in [5.41, 5.74) is 6.99. The molecule has 0 amide bonds. The van der Waals surface area contributed by atoms with Crippen molar-refractivity contribution in [2.75, 3.05) is 0 Å². The highest BCUT2D eigenvalue weighted by Crippen LogP contribution is 2.37. The maximum absolute atomic E-state index is 10.2. The maximum atomic E-state index is 10.2. The second-order valence-corrected chi connectivity index (χ2v) is 10.7. The molecule has 0 fully saturated rings. The number of hydrogen-bond donors (Lipinski definition) is 1. The lowest BCUT2D eigenvalue weighted by molar-refractivity contribution is 0.281. The molecule has 4 rings (SSSR count). The molecule has 0 spiro atoms. The summed E-state index contributed by atoms with van der Waals surface area (Å²) in [6.45, 7) is 8.29. The van der Waals surface area contributed by atoms with Crippen molar-refractivity contribution in [2.24, 2.45) is 5.41 Å². The monoisotopic (exact) mass is 497 g/mol. The Labute approximate surface area is 227 Å². The van der Waals surface area contributed by atoms with E-state index in [0.717, 1.165) is 28.7 Å². The smallest absolute Gasteiger partial charge is 0.0991 e. The van der Waals surface area contributed by atoms with Crippen molar-refractivity contribution in [3.05, 3.63) is 131 Å². The minimum Gasteiger partial charge on any atom is -0.305 e. The molecule has 0 radical (unpaired) electrons. The van der Waals surface area contributed by atoms with Gasteiger partial charge in [0.25, 0.3) is 0 Å². The number of hydrogen-bond acceptors (Lipinski definition) is 3. The van der Waals surface area contributed by atoms with Crippen LogP contribution in [0.2, 0.25) is 0 Å². The summed E-state index contributed by atoms with van der Waals surface area (Å²) in [4.78, 5) is 0. The highest BCUT2D eigenvalue weighted by Gasteiger charge is 2.34. The first-order chi connectivity index (χ1) is 18.3. The summed E-state index contributed by atoms with van der Waals surface area (Å²) in [5.74, 6) is 0.111. The fourth-order valence-electron chi connectivity index (χ4n) is 5.09. The molecular formula is C35H35N3. The molecule has 0 aliphatic heterocycles. The molecule has 1 N–H and O–H groups in total. The Morgan fingerprint density at radius 1 is 0.763 bits per heavy atom. The van der Waals surface area contributed by atoms with E-state index in [9.17, 15) is 10.5 Å². The van der Waals surface area contributed by atoms with E-state index in [4.69, 9.17) is 0 Å². The normalized spacial score (nSPS) is 13.6. The summed E-state index contributed by atoms with van der Waals surface area (Å²) in [6.07, 6.45) is 0.826. The molecule has 0 heterocycles. The SMILES string of the molecule is Cc1ccc(C[C@@H](c2cccc(C#N)c2)[C@H](C)NC(c2cccc(-c3ccccc3)c2)C(C)(C)C#N)cc1. The lowest BCUT2D eigenvalue weighted by Gasteiger charge is -2.36. The average molecular weight is 498 g/mol. The third kappa shape index (κ3) is 6.38. The van der Waals surface area contributed by atoms with Crippen molar-refractivity contribution in [3.63, 3.8) is 0 Å². The van der Waals surface area contributed by atoms with Gasteiger partial charge in [0.2, 0.25) is 0 Å². The first kappa shape index (κ1) is 26.9. The molecule has 3 atom stereocenters. The van der Waals surface area contributed by atoms with E-state index in [-0.39, 0.29) is 18.0 Å². The molecule has 38 heavy (non-hydrogen) atoms. The van der Waals surface area contributed by atoms with E-state index in [2.05, 4.69) is 98.0 Å². The van der Waals surface area contributed by atoms with Crippen LogP contribution in [0.1, 0.15) is 60.5 Å². The summed E-state index contributed by atoms with van der Waals surface area (Å²) < 4.78 is 0. The fraction of sp³-hybridized carbons (Fsp3) is 0.257. The summed E-state index contributed by atoms with van der Waals surface area (Å²) in [6, 6.07) is 40.1. The Bertz CT molecular complexity index is 1440. The van der Waals surface area contributed by atoms with Gasteiger partial charge in [-0.05, 0) is 80.1 Å². The molecule has 3 heteroatoms. The molecule has 0 aliphatic carbocycles. The van der Waals surface area contributed by atoms with Crippen LogP contribution in [-0.2, 0) is 6.42 Å². The van der Waals surface area contributed by atoms with Crippen LogP contribution in [0, 0.1) is 35.0 Å². The zero-order valence-corrected chi connectivity index (χ0v) is 22.6. The van der Waals surface area contributed by atoms with Crippen LogP contribution in [0.4, 0.5) is 0 Å². The Hall–Kier alpha value is -4.18. The lowest BCUT2D eigenvalue weighted by atomic mass is 9.79. The molecule has 0 saturated heterocycles. The van der Waals surface area contributed by atoms with Crippen LogP contribution in [0.3, 0.4) is 0 Å². The lowest BCUT2D eigenvalue weighted by Crippen LogP contribution is -2.42. The third-order valence-corrected chi connectivity index (χ3v) is 7.39. The van der Waals surface area contributed by atoms with Gasteiger partial charge in [-0.2, -0.15) is 10.5 Å². The molecule has 4 aromatic carbocycles. The van der Waals surface area contributed by atoms with Crippen LogP contribution >= 0.6 is 0 Å². The average Bonchev–Trinajstić information content (AvgIpc) is 2.96. The van der Waals surface area contributed by atoms with Crippen molar-refractivity contribution in [1.29, 1.82) is 10.5 Å². The molecule has 4 aromatic rings. The number of aryl methyl sites for hydroxylation is 1. The Kier molecular flexibility index (Phi) is 8.42. The molecule has 3 nitrogen and oxygen atoms in total. The maximum Gasteiger partial charge on any atom is 0.0991 e. The van der Waals surface area contributed by atoms with Gasteiger partial charge in [0, 0.05) is 12.0 Å². The second-order valence-electron chi connectivity index (χ2n) is 10.7. The van der Waals surface area contributed by atoms with E-state index in [0.29, 0.717) is 5.56 Å². The quantitative estimate of drug-likeness (QED) is 0.254. The van der Waals surface area contributed by atoms with Gasteiger partial charge in [-0.15, -0.1) is 0 Å². The topological polar surface area (TPSA) is 59.6 Å². The predicted octanol–water partition coefficient (Wildman–Crippen LogP) is 8.13. The molecular weight excluding hydrogens is 462 g/mol. The van der Waals surface area contributed by atoms with Gasteiger partial charge in [-0.25, -0.2) is 0 Å². The van der Waals surface area contributed by atoms with E-state index >= 15 is 0 Å². The Morgan fingerprint density at radius 3 is 2.11 bits per heavy atom. The predicted molar refractivity (Wildman–Crippen MR) is 155 cm³/mol. The van der Waals surface area contributed by atoms with Gasteiger partial charge in [-0.1, -0.05) is 90.5 Å². The molecule has 0 aromatic heterocycles. The van der Waals surface area contributed by atoms with Crippen LogP contribution in [0.15, 0.2) is 103 Å². The summed E-state index contributed by atoms with van der Waals surface area (Å²) in [5, 5.41) is 23.6. The molecule has 190 valence electrons. The van der Waals surface area contributed by atoms with Crippen LogP contribution in [0.25, 0.3) is 11.1 Å². The van der Waals surface area contributed by atoms with Gasteiger partial charge in [-0.3, -0.25) is 0 Å². The van der Waals surface area contributed by atoms with E-state index in [1.807, 2.05) is 50.2 Å². The van der Waals surface area contributed by atoms with Gasteiger partial charge < -0.3 is 5.32 Å². The van der Waals surface area contributed by atoms with Crippen LogP contribution < -0.4 is 5.32 Å². The number of nitrogens with one attached hydrogen (secondary N) is 1. The van der Waals surface area contributed by atoms with E-state index < -0.39 is 5.41 Å². The summed E-state index contributed by atoms with van der Waals surface area (Å²) in [7, 11) is 0. The van der Waals surface area contributed by atoms with Crippen molar-refractivity contribution in [2.45, 2.75) is 52.1 Å². The highest BCUT2D eigenvalue weighted by atomic mass is 15.0. The third-order valence-electron chi connectivity index (χ3n) is 7.39. The fourth-order valence-corrected chi connectivity index (χ4v) is 5.09. The van der Waals surface area contributed by atoms with E-state index in [1.54, 1.807) is 0 Å². The van der Waals surface area contributed by atoms with Crippen molar-refractivity contribution in [1.82, 2.24) is 5.32 Å². The summed E-state index contributed by atoms with van der Waals surface area (Å²) >= 11 is 0. The standard InChI is InChI=1S/C35H35N3/c1-25-16-18-27(19-17-25)21-33(31-14-8-10-28(20-31)23-36)26(2)38-34(35(3,4)24-37)32-15-9-13-30(22-32)29-11-6-5-7-12-29/h5-20,22,26,33-34,38H,21H2,1-4H3/t26-,33+,34?/m0/s1. The van der Waals surface area contributed by atoms with Crippen molar-refractivity contribution < 1.29 is 0 Å². The van der Waals surface area contributed by atoms with Gasteiger partial charge in [0.15, 0.2) is 0 Å². The zero-order chi connectivity index (χ0) is 27.1. The molecule has 0 aliphatic rings. The number of benzene rings is 4. The number of nitrogens with zero attached hydrogens (tertiary/aromatic N) is 2. The van der Waals surface area contributed by atoms with E-state index in [1.165, 1.54) is 11.1 Å². The molecule has 0 saturated carbocycles. The Balaban J connectivity index is 1.71. The van der Waals surface area contributed by atoms with Crippen LogP contribution in [0.5, 0.6) is 0 Å². The van der Waals surface area contributed by atoms with Crippen LogP contribution in [-0.4, -0.2) is 6.04 Å².